The number of hydrogen-bond acceptors (Lipinski definition) is 2. The number of nitrogens with one attached hydrogen (secondary N) is 1. The average Bonchev–Trinajstić information content (AvgIpc) is 2.65. The van der Waals surface area contributed by atoms with E-state index in [-0.39, 0.29) is 12.5 Å². The van der Waals surface area contributed by atoms with Crippen LogP contribution < -0.4 is 5.32 Å². The SMILES string of the molecule is CCn1cc(Cl)cc1C(=O)NC1(CO)CCC1. The lowest BCUT2D eigenvalue weighted by atomic mass is 9.77. The van der Waals surface area contributed by atoms with Crippen molar-refractivity contribution in [1.82, 2.24) is 9.88 Å². The van der Waals surface area contributed by atoms with Gasteiger partial charge in [0.2, 0.25) is 0 Å². The summed E-state index contributed by atoms with van der Waals surface area (Å²) in [6, 6.07) is 1.66. The van der Waals surface area contributed by atoms with Crippen LogP contribution in [0.1, 0.15) is 36.7 Å². The molecular weight excluding hydrogens is 240 g/mol. The smallest absolute Gasteiger partial charge is 0.268 e. The maximum absolute atomic E-state index is 12.1. The van der Waals surface area contributed by atoms with Gasteiger partial charge in [0, 0.05) is 12.7 Å². The molecule has 5 heteroatoms. The molecule has 0 bridgehead atoms. The highest BCUT2D eigenvalue weighted by Gasteiger charge is 2.38. The van der Waals surface area contributed by atoms with Crippen molar-refractivity contribution in [2.24, 2.45) is 0 Å². The molecular formula is C12H17ClN2O2. The first-order chi connectivity index (χ1) is 8.10. The van der Waals surface area contributed by atoms with Gasteiger partial charge in [0.25, 0.3) is 5.91 Å². The van der Waals surface area contributed by atoms with Gasteiger partial charge in [-0.15, -0.1) is 0 Å². The highest BCUT2D eigenvalue weighted by molar-refractivity contribution is 6.31. The third kappa shape index (κ3) is 2.33. The number of aromatic nitrogens is 1. The lowest BCUT2D eigenvalue weighted by molar-refractivity contribution is 0.0634. The summed E-state index contributed by atoms with van der Waals surface area (Å²) in [5.74, 6) is -0.160. The topological polar surface area (TPSA) is 54.3 Å². The Hall–Kier alpha value is -1.00. The van der Waals surface area contributed by atoms with Gasteiger partial charge in [-0.2, -0.15) is 0 Å². The third-order valence-electron chi connectivity index (χ3n) is 3.43. The number of amides is 1. The Bertz CT molecular complexity index is 419. The van der Waals surface area contributed by atoms with Crippen LogP contribution in [0.25, 0.3) is 0 Å². The molecule has 0 saturated heterocycles. The van der Waals surface area contributed by atoms with E-state index in [2.05, 4.69) is 5.32 Å². The molecule has 0 radical (unpaired) electrons. The van der Waals surface area contributed by atoms with Gasteiger partial charge >= 0.3 is 0 Å². The van der Waals surface area contributed by atoms with Gasteiger partial charge in [-0.25, -0.2) is 0 Å². The molecule has 0 aliphatic heterocycles. The van der Waals surface area contributed by atoms with Gasteiger partial charge in [0.05, 0.1) is 17.2 Å². The Kier molecular flexibility index (Phi) is 3.45. The zero-order chi connectivity index (χ0) is 12.5. The molecule has 1 fully saturated rings. The molecule has 4 nitrogen and oxygen atoms in total. The normalized spacial score (nSPS) is 17.6. The molecule has 94 valence electrons. The van der Waals surface area contributed by atoms with Crippen molar-refractivity contribution in [3.8, 4) is 0 Å². The monoisotopic (exact) mass is 256 g/mol. The summed E-state index contributed by atoms with van der Waals surface area (Å²) >= 11 is 5.89. The van der Waals surface area contributed by atoms with E-state index in [1.54, 1.807) is 16.8 Å². The molecule has 0 aromatic carbocycles. The van der Waals surface area contributed by atoms with E-state index in [9.17, 15) is 9.90 Å². The fourth-order valence-corrected chi connectivity index (χ4v) is 2.38. The Morgan fingerprint density at radius 2 is 2.35 bits per heavy atom. The fourth-order valence-electron chi connectivity index (χ4n) is 2.16. The molecule has 0 unspecified atom stereocenters. The molecule has 0 spiro atoms. The van der Waals surface area contributed by atoms with E-state index in [1.807, 2.05) is 6.92 Å². The van der Waals surface area contributed by atoms with Crippen LogP contribution in [-0.4, -0.2) is 27.7 Å². The molecule has 1 saturated carbocycles. The van der Waals surface area contributed by atoms with Gasteiger partial charge in [0.15, 0.2) is 0 Å². The largest absolute Gasteiger partial charge is 0.394 e. The van der Waals surface area contributed by atoms with Crippen molar-refractivity contribution in [2.45, 2.75) is 38.3 Å². The Morgan fingerprint density at radius 3 is 2.82 bits per heavy atom. The first kappa shape index (κ1) is 12.5. The highest BCUT2D eigenvalue weighted by atomic mass is 35.5. The van der Waals surface area contributed by atoms with Crippen LogP contribution in [0.15, 0.2) is 12.3 Å². The maximum atomic E-state index is 12.1. The molecule has 1 amide bonds. The summed E-state index contributed by atoms with van der Waals surface area (Å²) < 4.78 is 1.81. The van der Waals surface area contributed by atoms with Gasteiger partial charge in [-0.3, -0.25) is 4.79 Å². The van der Waals surface area contributed by atoms with Crippen molar-refractivity contribution in [3.63, 3.8) is 0 Å². The molecule has 2 rings (SSSR count). The molecule has 1 aromatic rings. The van der Waals surface area contributed by atoms with E-state index in [0.29, 0.717) is 17.3 Å². The van der Waals surface area contributed by atoms with Crippen LogP contribution in [0.5, 0.6) is 0 Å². The molecule has 1 aliphatic carbocycles. The van der Waals surface area contributed by atoms with E-state index in [0.717, 1.165) is 19.3 Å². The molecule has 2 N–H and O–H groups in total. The first-order valence-electron chi connectivity index (χ1n) is 5.89. The standard InChI is InChI=1S/C12H17ClN2O2/c1-2-15-7-9(13)6-10(15)11(17)14-12(8-16)4-3-5-12/h6-7,16H,2-5,8H2,1H3,(H,14,17). The van der Waals surface area contributed by atoms with Crippen LogP contribution in [0.3, 0.4) is 0 Å². The molecule has 17 heavy (non-hydrogen) atoms. The number of aliphatic hydroxyl groups is 1. The number of carbonyl (C=O) groups excluding carboxylic acids is 1. The molecule has 1 aliphatic rings. The molecule has 1 heterocycles. The lowest BCUT2D eigenvalue weighted by Crippen LogP contribution is -2.56. The quantitative estimate of drug-likeness (QED) is 0.863. The van der Waals surface area contributed by atoms with Crippen LogP contribution in [-0.2, 0) is 6.54 Å². The lowest BCUT2D eigenvalue weighted by Gasteiger charge is -2.40. The van der Waals surface area contributed by atoms with Gasteiger partial charge in [0.1, 0.15) is 5.69 Å². The van der Waals surface area contributed by atoms with Crippen LogP contribution in [0, 0.1) is 0 Å². The first-order valence-corrected chi connectivity index (χ1v) is 6.27. The Labute approximate surface area is 106 Å². The number of carbonyl (C=O) groups is 1. The van der Waals surface area contributed by atoms with Gasteiger partial charge in [-0.05, 0) is 32.3 Å². The predicted molar refractivity (Wildman–Crippen MR) is 66.3 cm³/mol. The predicted octanol–water partition coefficient (Wildman–Crippen LogP) is 1.81. The molecule has 0 atom stereocenters. The minimum atomic E-state index is -0.410. The van der Waals surface area contributed by atoms with Crippen molar-refractivity contribution in [3.05, 3.63) is 23.0 Å². The van der Waals surface area contributed by atoms with Gasteiger partial charge in [-0.1, -0.05) is 11.6 Å². The van der Waals surface area contributed by atoms with Crippen LogP contribution in [0.2, 0.25) is 5.02 Å². The number of nitrogens with zero attached hydrogens (tertiary/aromatic N) is 1. The highest BCUT2D eigenvalue weighted by Crippen LogP contribution is 2.31. The minimum Gasteiger partial charge on any atom is -0.394 e. The van der Waals surface area contributed by atoms with Crippen LogP contribution >= 0.6 is 11.6 Å². The molecule has 1 aromatic heterocycles. The maximum Gasteiger partial charge on any atom is 0.268 e. The summed E-state index contributed by atoms with van der Waals surface area (Å²) in [5, 5.41) is 12.8. The van der Waals surface area contributed by atoms with Crippen molar-refractivity contribution < 1.29 is 9.90 Å². The number of hydrogen-bond donors (Lipinski definition) is 2. The Morgan fingerprint density at radius 1 is 1.65 bits per heavy atom. The number of halogens is 1. The van der Waals surface area contributed by atoms with E-state index in [1.165, 1.54) is 0 Å². The van der Waals surface area contributed by atoms with Crippen molar-refractivity contribution in [2.75, 3.05) is 6.61 Å². The average molecular weight is 257 g/mol. The number of aliphatic hydroxyl groups excluding tert-OH is 1. The summed E-state index contributed by atoms with van der Waals surface area (Å²) in [6.45, 7) is 2.65. The second-order valence-electron chi connectivity index (χ2n) is 4.58. The summed E-state index contributed by atoms with van der Waals surface area (Å²) in [7, 11) is 0. The minimum absolute atomic E-state index is 0.000689. The van der Waals surface area contributed by atoms with Crippen LogP contribution in [0.4, 0.5) is 0 Å². The summed E-state index contributed by atoms with van der Waals surface area (Å²) in [4.78, 5) is 12.1. The van der Waals surface area contributed by atoms with Crippen molar-refractivity contribution >= 4 is 17.5 Å². The second-order valence-corrected chi connectivity index (χ2v) is 5.01. The summed E-state index contributed by atoms with van der Waals surface area (Å²) in [5.41, 5.74) is 0.143. The third-order valence-corrected chi connectivity index (χ3v) is 3.64. The van der Waals surface area contributed by atoms with E-state index < -0.39 is 5.54 Å². The van der Waals surface area contributed by atoms with E-state index >= 15 is 0 Å². The zero-order valence-electron chi connectivity index (χ0n) is 9.87. The summed E-state index contributed by atoms with van der Waals surface area (Å²) in [6.07, 6.45) is 4.48. The number of rotatable bonds is 4. The van der Waals surface area contributed by atoms with E-state index in [4.69, 9.17) is 11.6 Å². The Balaban J connectivity index is 2.14. The fraction of sp³-hybridized carbons (Fsp3) is 0.583. The number of aryl methyl sites for hydroxylation is 1. The van der Waals surface area contributed by atoms with Crippen molar-refractivity contribution in [1.29, 1.82) is 0 Å². The second kappa shape index (κ2) is 4.70. The van der Waals surface area contributed by atoms with Gasteiger partial charge < -0.3 is 15.0 Å². The zero-order valence-corrected chi connectivity index (χ0v) is 10.6.